The maximum absolute atomic E-state index is 12.6. The van der Waals surface area contributed by atoms with Crippen LogP contribution in [0.3, 0.4) is 0 Å². The number of aryl methyl sites for hydroxylation is 2. The van der Waals surface area contributed by atoms with E-state index in [4.69, 9.17) is 11.6 Å². The molecular formula is C24H25ClN2O3S2. The van der Waals surface area contributed by atoms with Crippen LogP contribution < -0.4 is 10.0 Å². The van der Waals surface area contributed by atoms with Gasteiger partial charge >= 0.3 is 0 Å². The lowest BCUT2D eigenvalue weighted by Gasteiger charge is -2.11. The molecule has 0 aliphatic carbocycles. The zero-order valence-corrected chi connectivity index (χ0v) is 20.3. The molecule has 32 heavy (non-hydrogen) atoms. The number of benzene rings is 3. The Hall–Kier alpha value is -2.48. The SMILES string of the molecule is Cc1ccc(S(=O)(=O)Nc2ccc(C(=O)NCCSCc3ccccc3C)cc2Cl)cc1. The molecule has 2 N–H and O–H groups in total. The molecule has 0 fully saturated rings. The van der Waals surface area contributed by atoms with Crippen molar-refractivity contribution in [3.8, 4) is 0 Å². The zero-order valence-electron chi connectivity index (χ0n) is 17.9. The monoisotopic (exact) mass is 488 g/mol. The van der Waals surface area contributed by atoms with Crippen molar-refractivity contribution >= 4 is 45.0 Å². The number of hydrogen-bond acceptors (Lipinski definition) is 4. The summed E-state index contributed by atoms with van der Waals surface area (Å²) in [5.41, 5.74) is 4.11. The second kappa shape index (κ2) is 10.9. The van der Waals surface area contributed by atoms with Crippen LogP contribution >= 0.6 is 23.4 Å². The summed E-state index contributed by atoms with van der Waals surface area (Å²) >= 11 is 8.00. The van der Waals surface area contributed by atoms with E-state index in [9.17, 15) is 13.2 Å². The van der Waals surface area contributed by atoms with Gasteiger partial charge in [0.1, 0.15) is 0 Å². The number of carbonyl (C=O) groups excluding carboxylic acids is 1. The first kappa shape index (κ1) is 24.2. The molecule has 0 aromatic heterocycles. The van der Waals surface area contributed by atoms with Crippen LogP contribution in [0.1, 0.15) is 27.0 Å². The quantitative estimate of drug-likeness (QED) is 0.394. The summed E-state index contributed by atoms with van der Waals surface area (Å²) in [6.07, 6.45) is 0. The Morgan fingerprint density at radius 1 is 1.00 bits per heavy atom. The molecule has 0 aliphatic rings. The normalized spacial score (nSPS) is 11.2. The van der Waals surface area contributed by atoms with Gasteiger partial charge in [0.2, 0.25) is 0 Å². The molecule has 3 aromatic carbocycles. The fourth-order valence-corrected chi connectivity index (χ4v) is 5.25. The Labute approximate surface area is 198 Å². The van der Waals surface area contributed by atoms with Crippen LogP contribution in [0, 0.1) is 13.8 Å². The fourth-order valence-electron chi connectivity index (χ4n) is 2.95. The molecule has 5 nitrogen and oxygen atoms in total. The summed E-state index contributed by atoms with van der Waals surface area (Å²) < 4.78 is 27.6. The molecule has 0 saturated carbocycles. The van der Waals surface area contributed by atoms with E-state index in [-0.39, 0.29) is 21.5 Å². The molecule has 0 atom stereocenters. The Morgan fingerprint density at radius 3 is 2.41 bits per heavy atom. The molecule has 0 radical (unpaired) electrons. The fraction of sp³-hybridized carbons (Fsp3) is 0.208. The van der Waals surface area contributed by atoms with Crippen molar-refractivity contribution in [2.45, 2.75) is 24.5 Å². The van der Waals surface area contributed by atoms with Gasteiger partial charge in [-0.2, -0.15) is 11.8 Å². The van der Waals surface area contributed by atoms with E-state index in [2.05, 4.69) is 29.1 Å². The third-order valence-electron chi connectivity index (χ3n) is 4.86. The summed E-state index contributed by atoms with van der Waals surface area (Å²) in [5.74, 6) is 1.42. The Morgan fingerprint density at radius 2 is 1.72 bits per heavy atom. The number of nitrogens with one attached hydrogen (secondary N) is 2. The summed E-state index contributed by atoms with van der Waals surface area (Å²) in [7, 11) is -3.77. The van der Waals surface area contributed by atoms with Gasteiger partial charge in [-0.3, -0.25) is 9.52 Å². The first-order valence-electron chi connectivity index (χ1n) is 10.1. The molecule has 168 valence electrons. The molecular weight excluding hydrogens is 464 g/mol. The lowest BCUT2D eigenvalue weighted by Crippen LogP contribution is -2.25. The minimum absolute atomic E-state index is 0.143. The maximum atomic E-state index is 12.6. The maximum Gasteiger partial charge on any atom is 0.261 e. The van der Waals surface area contributed by atoms with Crippen LogP contribution in [-0.2, 0) is 15.8 Å². The summed E-state index contributed by atoms with van der Waals surface area (Å²) in [5, 5.41) is 3.02. The third kappa shape index (κ3) is 6.51. The van der Waals surface area contributed by atoms with Gasteiger partial charge in [-0.15, -0.1) is 0 Å². The van der Waals surface area contributed by atoms with Gasteiger partial charge in [0.15, 0.2) is 0 Å². The van der Waals surface area contributed by atoms with Gasteiger partial charge in [0, 0.05) is 23.6 Å². The number of carbonyl (C=O) groups is 1. The van der Waals surface area contributed by atoms with E-state index in [1.165, 1.54) is 35.4 Å². The number of halogens is 1. The number of rotatable bonds is 9. The highest BCUT2D eigenvalue weighted by atomic mass is 35.5. The van der Waals surface area contributed by atoms with E-state index in [0.717, 1.165) is 17.1 Å². The minimum Gasteiger partial charge on any atom is -0.351 e. The van der Waals surface area contributed by atoms with Gasteiger partial charge in [-0.05, 0) is 55.3 Å². The standard InChI is InChI=1S/C24H25ClN2O3S2/c1-17-7-10-21(11-8-17)32(29,30)27-23-12-9-19(15-22(23)25)24(28)26-13-14-31-16-20-6-4-3-5-18(20)2/h3-12,15,27H,13-14,16H2,1-2H3,(H,26,28). The second-order valence-electron chi connectivity index (χ2n) is 7.35. The van der Waals surface area contributed by atoms with Gasteiger partial charge < -0.3 is 5.32 Å². The topological polar surface area (TPSA) is 75.3 Å². The molecule has 0 unspecified atom stereocenters. The van der Waals surface area contributed by atoms with Crippen molar-refractivity contribution in [3.05, 3.63) is 94.0 Å². The summed E-state index contributed by atoms with van der Waals surface area (Å²) in [6.45, 7) is 4.49. The third-order valence-corrected chi connectivity index (χ3v) is 7.56. The molecule has 0 saturated heterocycles. The van der Waals surface area contributed by atoms with Crippen molar-refractivity contribution in [1.82, 2.24) is 5.32 Å². The Balaban J connectivity index is 1.53. The molecule has 8 heteroatoms. The van der Waals surface area contributed by atoms with Crippen LogP contribution in [0.5, 0.6) is 0 Å². The smallest absolute Gasteiger partial charge is 0.261 e. The summed E-state index contributed by atoms with van der Waals surface area (Å²) in [4.78, 5) is 12.6. The highest BCUT2D eigenvalue weighted by Gasteiger charge is 2.16. The molecule has 3 aromatic rings. The van der Waals surface area contributed by atoms with Crippen molar-refractivity contribution in [3.63, 3.8) is 0 Å². The van der Waals surface area contributed by atoms with Crippen molar-refractivity contribution in [2.75, 3.05) is 17.0 Å². The van der Waals surface area contributed by atoms with Gasteiger partial charge in [-0.25, -0.2) is 8.42 Å². The number of anilines is 1. The number of amides is 1. The number of sulfonamides is 1. The second-order valence-corrected chi connectivity index (χ2v) is 10.5. The van der Waals surface area contributed by atoms with Crippen LogP contribution in [-0.4, -0.2) is 26.6 Å². The van der Waals surface area contributed by atoms with Crippen LogP contribution in [0.4, 0.5) is 5.69 Å². The molecule has 0 spiro atoms. The first-order chi connectivity index (χ1) is 15.3. The molecule has 0 aliphatic heterocycles. The highest BCUT2D eigenvalue weighted by Crippen LogP contribution is 2.26. The van der Waals surface area contributed by atoms with Crippen molar-refractivity contribution in [2.24, 2.45) is 0 Å². The zero-order chi connectivity index (χ0) is 23.1. The lowest BCUT2D eigenvalue weighted by atomic mass is 10.1. The van der Waals surface area contributed by atoms with Crippen molar-refractivity contribution < 1.29 is 13.2 Å². The van der Waals surface area contributed by atoms with E-state index < -0.39 is 10.0 Å². The highest BCUT2D eigenvalue weighted by molar-refractivity contribution is 7.98. The Kier molecular flexibility index (Phi) is 8.23. The Bertz CT molecular complexity index is 1200. The van der Waals surface area contributed by atoms with E-state index in [1.807, 2.05) is 19.1 Å². The van der Waals surface area contributed by atoms with Gasteiger partial charge in [-0.1, -0.05) is 53.6 Å². The van der Waals surface area contributed by atoms with E-state index >= 15 is 0 Å². The minimum atomic E-state index is -3.77. The predicted molar refractivity (Wildman–Crippen MR) is 133 cm³/mol. The molecule has 0 heterocycles. The average molecular weight is 489 g/mol. The van der Waals surface area contributed by atoms with E-state index in [1.54, 1.807) is 30.0 Å². The average Bonchev–Trinajstić information content (AvgIpc) is 2.76. The first-order valence-corrected chi connectivity index (χ1v) is 13.1. The molecule has 1 amide bonds. The van der Waals surface area contributed by atoms with Crippen LogP contribution in [0.15, 0.2) is 71.6 Å². The molecule has 3 rings (SSSR count). The molecule has 0 bridgehead atoms. The van der Waals surface area contributed by atoms with Crippen molar-refractivity contribution in [1.29, 1.82) is 0 Å². The van der Waals surface area contributed by atoms with Gasteiger partial charge in [0.05, 0.1) is 15.6 Å². The van der Waals surface area contributed by atoms with Crippen LogP contribution in [0.2, 0.25) is 5.02 Å². The predicted octanol–water partition coefficient (Wildman–Crippen LogP) is 5.42. The lowest BCUT2D eigenvalue weighted by molar-refractivity contribution is 0.0956. The number of hydrogen-bond donors (Lipinski definition) is 2. The largest absolute Gasteiger partial charge is 0.351 e. The summed E-state index contributed by atoms with van der Waals surface area (Å²) in [6, 6.07) is 19.3. The van der Waals surface area contributed by atoms with E-state index in [0.29, 0.717) is 12.1 Å². The van der Waals surface area contributed by atoms with Crippen LogP contribution in [0.25, 0.3) is 0 Å². The number of thioether (sulfide) groups is 1. The van der Waals surface area contributed by atoms with Gasteiger partial charge in [0.25, 0.3) is 15.9 Å².